The van der Waals surface area contributed by atoms with Gasteiger partial charge in [-0.3, -0.25) is 4.79 Å². The first-order chi connectivity index (χ1) is 15.0. The third-order valence-corrected chi connectivity index (χ3v) is 5.92. The number of amides is 1. The molecular formula is C23H23ClN6O. The number of carbonyl (C=O) groups is 1. The lowest BCUT2D eigenvalue weighted by molar-refractivity contribution is -0.130. The highest BCUT2D eigenvalue weighted by molar-refractivity contribution is 6.30. The minimum Gasteiger partial charge on any atom is -0.353 e. The Morgan fingerprint density at radius 3 is 2.52 bits per heavy atom. The van der Waals surface area contributed by atoms with Crippen molar-refractivity contribution in [1.29, 1.82) is 5.26 Å². The molecule has 1 amide bonds. The predicted octanol–water partition coefficient (Wildman–Crippen LogP) is 3.30. The highest BCUT2D eigenvalue weighted by Crippen LogP contribution is 2.21. The van der Waals surface area contributed by atoms with Crippen molar-refractivity contribution in [2.75, 3.05) is 31.1 Å². The van der Waals surface area contributed by atoms with Gasteiger partial charge in [0.1, 0.15) is 5.82 Å². The Morgan fingerprint density at radius 2 is 1.84 bits per heavy atom. The van der Waals surface area contributed by atoms with Crippen LogP contribution in [-0.2, 0) is 11.2 Å². The normalized spacial score (nSPS) is 13.9. The lowest BCUT2D eigenvalue weighted by Crippen LogP contribution is -2.49. The maximum atomic E-state index is 13.0. The molecule has 158 valence electrons. The number of nitrogens with zero attached hydrogens (tertiary/aromatic N) is 6. The summed E-state index contributed by atoms with van der Waals surface area (Å²) in [6.07, 6.45) is 1.97. The summed E-state index contributed by atoms with van der Waals surface area (Å²) in [5, 5.41) is 14.4. The molecule has 0 atom stereocenters. The first kappa shape index (κ1) is 20.9. The number of piperazine rings is 1. The van der Waals surface area contributed by atoms with Gasteiger partial charge in [-0.2, -0.15) is 10.4 Å². The molecule has 0 bridgehead atoms. The number of pyridine rings is 1. The van der Waals surface area contributed by atoms with Crippen LogP contribution in [0.3, 0.4) is 0 Å². The fraction of sp³-hybridized carbons (Fsp3) is 0.304. The van der Waals surface area contributed by atoms with Gasteiger partial charge in [-0.1, -0.05) is 11.6 Å². The zero-order valence-electron chi connectivity index (χ0n) is 17.5. The molecule has 7 nitrogen and oxygen atoms in total. The molecule has 1 aliphatic heterocycles. The van der Waals surface area contributed by atoms with Gasteiger partial charge >= 0.3 is 0 Å². The van der Waals surface area contributed by atoms with Crippen LogP contribution in [0.2, 0.25) is 5.02 Å². The SMILES string of the molecule is Cc1nn(-c2ccc(Cl)cc2)c(C)c1CC(=O)N1CCN(c2cc(C#N)ccn2)CC1. The Bertz CT molecular complexity index is 1140. The standard InChI is InChI=1S/C23H23ClN6O/c1-16-21(17(2)30(27-16)20-5-3-19(24)4-6-20)14-23(31)29-11-9-28(10-12-29)22-13-18(15-25)7-8-26-22/h3-8,13H,9-12,14H2,1-2H3. The molecule has 3 heterocycles. The predicted molar refractivity (Wildman–Crippen MR) is 119 cm³/mol. The fourth-order valence-corrected chi connectivity index (χ4v) is 4.00. The van der Waals surface area contributed by atoms with Crippen LogP contribution in [0.4, 0.5) is 5.82 Å². The van der Waals surface area contributed by atoms with E-state index in [1.165, 1.54) is 0 Å². The van der Waals surface area contributed by atoms with E-state index in [1.807, 2.05) is 47.7 Å². The molecule has 4 rings (SSSR count). The number of carbonyl (C=O) groups excluding carboxylic acids is 1. The summed E-state index contributed by atoms with van der Waals surface area (Å²) < 4.78 is 1.86. The quantitative estimate of drug-likeness (QED) is 0.629. The molecule has 8 heteroatoms. The highest BCUT2D eigenvalue weighted by Gasteiger charge is 2.24. The average molecular weight is 435 g/mol. The van der Waals surface area contributed by atoms with Gasteiger partial charge in [0, 0.05) is 48.7 Å². The topological polar surface area (TPSA) is 78.0 Å². The maximum absolute atomic E-state index is 13.0. The number of aromatic nitrogens is 3. The fourth-order valence-electron chi connectivity index (χ4n) is 3.87. The monoisotopic (exact) mass is 434 g/mol. The average Bonchev–Trinajstić information content (AvgIpc) is 3.08. The summed E-state index contributed by atoms with van der Waals surface area (Å²) in [7, 11) is 0. The van der Waals surface area contributed by atoms with Crippen LogP contribution in [0.1, 0.15) is 22.5 Å². The van der Waals surface area contributed by atoms with Crippen LogP contribution in [0.15, 0.2) is 42.6 Å². The first-order valence-corrected chi connectivity index (χ1v) is 10.5. The van der Waals surface area contributed by atoms with Crippen molar-refractivity contribution in [2.45, 2.75) is 20.3 Å². The molecule has 0 N–H and O–H groups in total. The largest absolute Gasteiger partial charge is 0.353 e. The van der Waals surface area contributed by atoms with Crippen LogP contribution in [0.5, 0.6) is 0 Å². The Balaban J connectivity index is 1.42. The Kier molecular flexibility index (Phi) is 5.92. The number of hydrogen-bond donors (Lipinski definition) is 0. The van der Waals surface area contributed by atoms with Crippen molar-refractivity contribution in [3.8, 4) is 11.8 Å². The Labute approximate surface area is 186 Å². The Hall–Kier alpha value is -3.37. The zero-order chi connectivity index (χ0) is 22.0. The van der Waals surface area contributed by atoms with Gasteiger partial charge < -0.3 is 9.80 Å². The number of aryl methyl sites for hydroxylation is 1. The number of nitriles is 1. The molecule has 1 aromatic carbocycles. The van der Waals surface area contributed by atoms with Crippen LogP contribution >= 0.6 is 11.6 Å². The van der Waals surface area contributed by atoms with E-state index in [2.05, 4.69) is 21.1 Å². The second-order valence-corrected chi connectivity index (χ2v) is 8.03. The molecular weight excluding hydrogens is 412 g/mol. The van der Waals surface area contributed by atoms with E-state index >= 15 is 0 Å². The van der Waals surface area contributed by atoms with Crippen LogP contribution < -0.4 is 4.90 Å². The van der Waals surface area contributed by atoms with E-state index in [0.29, 0.717) is 43.2 Å². The van der Waals surface area contributed by atoms with Crippen LogP contribution in [-0.4, -0.2) is 51.8 Å². The maximum Gasteiger partial charge on any atom is 0.227 e. The second kappa shape index (κ2) is 8.78. The van der Waals surface area contributed by atoms with Crippen molar-refractivity contribution >= 4 is 23.3 Å². The number of rotatable bonds is 4. The summed E-state index contributed by atoms with van der Waals surface area (Å²) in [5.74, 6) is 0.877. The van der Waals surface area contributed by atoms with Gasteiger partial charge in [-0.15, -0.1) is 0 Å². The molecule has 1 fully saturated rings. The molecule has 0 spiro atoms. The minimum atomic E-state index is 0.0974. The molecule has 0 unspecified atom stereocenters. The van der Waals surface area contributed by atoms with Crippen molar-refractivity contribution in [3.05, 3.63) is 70.1 Å². The minimum absolute atomic E-state index is 0.0974. The molecule has 2 aromatic heterocycles. The van der Waals surface area contributed by atoms with Crippen LogP contribution in [0.25, 0.3) is 5.69 Å². The molecule has 0 aliphatic carbocycles. The van der Waals surface area contributed by atoms with Gasteiger partial charge in [-0.05, 0) is 50.2 Å². The van der Waals surface area contributed by atoms with Gasteiger partial charge in [0.05, 0.1) is 29.4 Å². The number of anilines is 1. The number of hydrogen-bond acceptors (Lipinski definition) is 5. The summed E-state index contributed by atoms with van der Waals surface area (Å²) in [6, 6.07) is 13.1. The molecule has 3 aromatic rings. The van der Waals surface area contributed by atoms with Gasteiger partial charge in [0.25, 0.3) is 0 Å². The lowest BCUT2D eigenvalue weighted by atomic mass is 10.1. The summed E-state index contributed by atoms with van der Waals surface area (Å²) in [6.45, 7) is 6.56. The number of benzene rings is 1. The summed E-state index contributed by atoms with van der Waals surface area (Å²) >= 11 is 5.99. The van der Waals surface area contributed by atoms with Crippen molar-refractivity contribution in [2.24, 2.45) is 0 Å². The number of halogens is 1. The Morgan fingerprint density at radius 1 is 1.13 bits per heavy atom. The summed E-state index contributed by atoms with van der Waals surface area (Å²) in [5.41, 5.74) is 4.30. The molecule has 1 saturated heterocycles. The first-order valence-electron chi connectivity index (χ1n) is 10.2. The lowest BCUT2D eigenvalue weighted by Gasteiger charge is -2.35. The van der Waals surface area contributed by atoms with Crippen molar-refractivity contribution in [3.63, 3.8) is 0 Å². The summed E-state index contributed by atoms with van der Waals surface area (Å²) in [4.78, 5) is 21.4. The second-order valence-electron chi connectivity index (χ2n) is 7.60. The van der Waals surface area contributed by atoms with Gasteiger partial charge in [0.2, 0.25) is 5.91 Å². The molecule has 1 aliphatic rings. The molecule has 0 saturated carbocycles. The zero-order valence-corrected chi connectivity index (χ0v) is 18.3. The van der Waals surface area contributed by atoms with Gasteiger partial charge in [0.15, 0.2) is 0 Å². The highest BCUT2D eigenvalue weighted by atomic mass is 35.5. The van der Waals surface area contributed by atoms with E-state index in [0.717, 1.165) is 28.5 Å². The third-order valence-electron chi connectivity index (χ3n) is 5.67. The van der Waals surface area contributed by atoms with Crippen LogP contribution in [0, 0.1) is 25.2 Å². The third kappa shape index (κ3) is 4.39. The van der Waals surface area contributed by atoms with E-state index in [9.17, 15) is 4.79 Å². The van der Waals surface area contributed by atoms with E-state index in [1.54, 1.807) is 18.3 Å². The van der Waals surface area contributed by atoms with Gasteiger partial charge in [-0.25, -0.2) is 9.67 Å². The van der Waals surface area contributed by atoms with E-state index in [-0.39, 0.29) is 5.91 Å². The van der Waals surface area contributed by atoms with Crippen molar-refractivity contribution < 1.29 is 4.79 Å². The van der Waals surface area contributed by atoms with Crippen molar-refractivity contribution in [1.82, 2.24) is 19.7 Å². The smallest absolute Gasteiger partial charge is 0.227 e. The van der Waals surface area contributed by atoms with E-state index in [4.69, 9.17) is 16.9 Å². The molecule has 0 radical (unpaired) electrons. The molecule has 31 heavy (non-hydrogen) atoms. The van der Waals surface area contributed by atoms with E-state index < -0.39 is 0 Å².